The van der Waals surface area contributed by atoms with Gasteiger partial charge in [0.15, 0.2) is 0 Å². The molecular formula is C15H21BrClNO2S. The van der Waals surface area contributed by atoms with Crippen LogP contribution in [0.15, 0.2) is 27.6 Å². The molecule has 1 aromatic carbocycles. The Balaban J connectivity index is 2.34. The molecule has 0 unspecified atom stereocenters. The van der Waals surface area contributed by atoms with Crippen LogP contribution in [0, 0.1) is 0 Å². The zero-order chi connectivity index (χ0) is 15.5. The Hall–Kier alpha value is -0.100. The standard InChI is InChI=1S/C15H21BrClNO2S/c1-2-18(13-6-4-3-5-7-13)21(19,20)15-9-8-12(11-17)10-14(15)16/h8-10,13H,2-7,11H2,1H3. The molecule has 1 saturated carbocycles. The Labute approximate surface area is 140 Å². The Morgan fingerprint density at radius 2 is 1.95 bits per heavy atom. The lowest BCUT2D eigenvalue weighted by atomic mass is 9.95. The zero-order valence-corrected chi connectivity index (χ0v) is 15.3. The predicted octanol–water partition coefficient (Wildman–Crippen LogP) is 4.53. The summed E-state index contributed by atoms with van der Waals surface area (Å²) < 4.78 is 28.1. The first-order valence-corrected chi connectivity index (χ1v) is 10.1. The van der Waals surface area contributed by atoms with Crippen LogP contribution < -0.4 is 0 Å². The van der Waals surface area contributed by atoms with E-state index in [1.165, 1.54) is 6.42 Å². The van der Waals surface area contributed by atoms with Gasteiger partial charge < -0.3 is 0 Å². The second-order valence-corrected chi connectivity index (χ2v) is 8.38. The summed E-state index contributed by atoms with van der Waals surface area (Å²) >= 11 is 9.18. The summed E-state index contributed by atoms with van der Waals surface area (Å²) in [6.07, 6.45) is 5.36. The monoisotopic (exact) mass is 393 g/mol. The topological polar surface area (TPSA) is 37.4 Å². The lowest BCUT2D eigenvalue weighted by Crippen LogP contribution is -2.41. The Bertz CT molecular complexity index is 585. The van der Waals surface area contributed by atoms with Crippen LogP contribution in [0.3, 0.4) is 0 Å². The minimum atomic E-state index is -3.46. The van der Waals surface area contributed by atoms with Crippen molar-refractivity contribution in [3.8, 4) is 0 Å². The third kappa shape index (κ3) is 3.81. The summed E-state index contributed by atoms with van der Waals surface area (Å²) in [5.41, 5.74) is 0.906. The van der Waals surface area contributed by atoms with Crippen molar-refractivity contribution in [3.05, 3.63) is 28.2 Å². The van der Waals surface area contributed by atoms with E-state index in [0.29, 0.717) is 21.8 Å². The highest BCUT2D eigenvalue weighted by atomic mass is 79.9. The molecule has 0 saturated heterocycles. The van der Waals surface area contributed by atoms with Gasteiger partial charge in [-0.15, -0.1) is 11.6 Å². The molecule has 1 aromatic rings. The highest BCUT2D eigenvalue weighted by Gasteiger charge is 2.32. The maximum atomic E-state index is 12.9. The molecule has 2 rings (SSSR count). The van der Waals surface area contributed by atoms with Crippen LogP contribution in [0.1, 0.15) is 44.6 Å². The summed E-state index contributed by atoms with van der Waals surface area (Å²) in [6.45, 7) is 2.42. The lowest BCUT2D eigenvalue weighted by molar-refractivity contribution is 0.261. The van der Waals surface area contributed by atoms with Crippen molar-refractivity contribution in [2.45, 2.75) is 55.8 Å². The van der Waals surface area contributed by atoms with Gasteiger partial charge >= 0.3 is 0 Å². The van der Waals surface area contributed by atoms with E-state index >= 15 is 0 Å². The Morgan fingerprint density at radius 3 is 2.48 bits per heavy atom. The van der Waals surface area contributed by atoms with Gasteiger partial charge in [-0.05, 0) is 46.5 Å². The third-order valence-electron chi connectivity index (χ3n) is 4.03. The van der Waals surface area contributed by atoms with E-state index in [2.05, 4.69) is 15.9 Å². The molecule has 0 heterocycles. The Morgan fingerprint density at radius 1 is 1.29 bits per heavy atom. The maximum absolute atomic E-state index is 12.9. The second kappa shape index (κ2) is 7.44. The van der Waals surface area contributed by atoms with Crippen LogP contribution in [0.4, 0.5) is 0 Å². The number of hydrogen-bond acceptors (Lipinski definition) is 2. The molecule has 0 radical (unpaired) electrons. The van der Waals surface area contributed by atoms with Crippen molar-refractivity contribution in [1.82, 2.24) is 4.31 Å². The molecule has 0 amide bonds. The molecular weight excluding hydrogens is 374 g/mol. The van der Waals surface area contributed by atoms with Crippen molar-refractivity contribution >= 4 is 37.6 Å². The number of halogens is 2. The molecule has 6 heteroatoms. The van der Waals surface area contributed by atoms with Gasteiger partial charge in [0, 0.05) is 22.9 Å². The van der Waals surface area contributed by atoms with Crippen molar-refractivity contribution in [3.63, 3.8) is 0 Å². The summed E-state index contributed by atoms with van der Waals surface area (Å²) in [7, 11) is -3.46. The van der Waals surface area contributed by atoms with Crippen molar-refractivity contribution < 1.29 is 8.42 Å². The molecule has 0 aliphatic heterocycles. The number of nitrogens with zero attached hydrogens (tertiary/aromatic N) is 1. The first kappa shape index (κ1) is 17.3. The van der Waals surface area contributed by atoms with Crippen LogP contribution >= 0.6 is 27.5 Å². The van der Waals surface area contributed by atoms with Gasteiger partial charge in [0.1, 0.15) is 0 Å². The number of hydrogen-bond donors (Lipinski definition) is 0. The number of rotatable bonds is 5. The van der Waals surface area contributed by atoms with Gasteiger partial charge in [-0.1, -0.05) is 32.3 Å². The minimum absolute atomic E-state index is 0.133. The molecule has 0 bridgehead atoms. The molecule has 0 spiro atoms. The molecule has 3 nitrogen and oxygen atoms in total. The zero-order valence-electron chi connectivity index (χ0n) is 12.2. The normalized spacial score (nSPS) is 17.3. The fourth-order valence-corrected chi connectivity index (χ4v) is 5.90. The first-order valence-electron chi connectivity index (χ1n) is 7.37. The van der Waals surface area contributed by atoms with Crippen molar-refractivity contribution in [2.24, 2.45) is 0 Å². The quantitative estimate of drug-likeness (QED) is 0.688. The van der Waals surface area contributed by atoms with Gasteiger partial charge in [-0.25, -0.2) is 8.42 Å². The summed E-state index contributed by atoms with van der Waals surface area (Å²) in [5.74, 6) is 0.374. The van der Waals surface area contributed by atoms with Crippen LogP contribution in [0.2, 0.25) is 0 Å². The molecule has 1 aliphatic carbocycles. The van der Waals surface area contributed by atoms with Crippen LogP contribution in [-0.2, 0) is 15.9 Å². The van der Waals surface area contributed by atoms with Gasteiger partial charge in [-0.2, -0.15) is 4.31 Å². The van der Waals surface area contributed by atoms with E-state index in [1.807, 2.05) is 6.92 Å². The average molecular weight is 395 g/mol. The molecule has 118 valence electrons. The molecule has 0 aromatic heterocycles. The van der Waals surface area contributed by atoms with E-state index in [1.54, 1.807) is 22.5 Å². The van der Waals surface area contributed by atoms with Gasteiger partial charge in [0.25, 0.3) is 0 Å². The van der Waals surface area contributed by atoms with E-state index in [9.17, 15) is 8.42 Å². The van der Waals surface area contributed by atoms with E-state index in [4.69, 9.17) is 11.6 Å². The molecule has 1 aliphatic rings. The van der Waals surface area contributed by atoms with Gasteiger partial charge in [0.05, 0.1) is 4.90 Å². The van der Waals surface area contributed by atoms with E-state index in [-0.39, 0.29) is 6.04 Å². The molecule has 1 fully saturated rings. The second-order valence-electron chi connectivity index (χ2n) is 5.40. The van der Waals surface area contributed by atoms with Crippen molar-refractivity contribution in [2.75, 3.05) is 6.54 Å². The third-order valence-corrected chi connectivity index (χ3v) is 7.34. The fraction of sp³-hybridized carbons (Fsp3) is 0.600. The minimum Gasteiger partial charge on any atom is -0.207 e. The molecule has 21 heavy (non-hydrogen) atoms. The number of alkyl halides is 1. The average Bonchev–Trinajstić information content (AvgIpc) is 2.48. The first-order chi connectivity index (χ1) is 10.0. The maximum Gasteiger partial charge on any atom is 0.244 e. The van der Waals surface area contributed by atoms with Crippen LogP contribution in [0.5, 0.6) is 0 Å². The van der Waals surface area contributed by atoms with E-state index < -0.39 is 10.0 Å². The summed E-state index contributed by atoms with van der Waals surface area (Å²) in [5, 5.41) is 0. The van der Waals surface area contributed by atoms with Gasteiger partial charge in [0.2, 0.25) is 10.0 Å². The Kier molecular flexibility index (Phi) is 6.12. The fourth-order valence-electron chi connectivity index (χ4n) is 2.96. The summed E-state index contributed by atoms with van der Waals surface area (Å²) in [6, 6.07) is 5.35. The number of benzene rings is 1. The number of sulfonamides is 1. The largest absolute Gasteiger partial charge is 0.244 e. The smallest absolute Gasteiger partial charge is 0.207 e. The van der Waals surface area contributed by atoms with Gasteiger partial charge in [-0.3, -0.25) is 0 Å². The lowest BCUT2D eigenvalue weighted by Gasteiger charge is -2.32. The SMILES string of the molecule is CCN(C1CCCCC1)S(=O)(=O)c1ccc(CCl)cc1Br. The predicted molar refractivity (Wildman–Crippen MR) is 90.1 cm³/mol. The van der Waals surface area contributed by atoms with Crippen LogP contribution in [0.25, 0.3) is 0 Å². The van der Waals surface area contributed by atoms with E-state index in [0.717, 1.165) is 31.2 Å². The molecule has 0 atom stereocenters. The van der Waals surface area contributed by atoms with Crippen molar-refractivity contribution in [1.29, 1.82) is 0 Å². The summed E-state index contributed by atoms with van der Waals surface area (Å²) in [4.78, 5) is 0.337. The highest BCUT2D eigenvalue weighted by molar-refractivity contribution is 9.10. The van der Waals surface area contributed by atoms with Crippen LogP contribution in [-0.4, -0.2) is 25.3 Å². The highest BCUT2D eigenvalue weighted by Crippen LogP contribution is 2.31. The molecule has 0 N–H and O–H groups in total.